The zero-order valence-corrected chi connectivity index (χ0v) is 13.8. The fourth-order valence-corrected chi connectivity index (χ4v) is 4.04. The van der Waals surface area contributed by atoms with Gasteiger partial charge < -0.3 is 15.4 Å². The summed E-state index contributed by atoms with van der Waals surface area (Å²) in [4.78, 5) is 0. The number of halogens is 1. The molecule has 1 saturated heterocycles. The highest BCUT2D eigenvalue weighted by atomic mass is 35.5. The number of hydrogen-bond donors (Lipinski definition) is 2. The van der Waals surface area contributed by atoms with Crippen molar-refractivity contribution in [1.29, 1.82) is 0 Å². The number of ether oxygens (including phenoxy) is 1. The Bertz CT molecular complexity index is 301. The van der Waals surface area contributed by atoms with Crippen LogP contribution < -0.4 is 10.6 Å². The van der Waals surface area contributed by atoms with Gasteiger partial charge >= 0.3 is 0 Å². The summed E-state index contributed by atoms with van der Waals surface area (Å²) in [6.07, 6.45) is 6.97. The van der Waals surface area contributed by atoms with Crippen LogP contribution in [0.1, 0.15) is 46.0 Å². The summed E-state index contributed by atoms with van der Waals surface area (Å²) in [6, 6.07) is 1.30. The second-order valence-corrected chi connectivity index (χ2v) is 7.23. The molecule has 2 saturated carbocycles. The van der Waals surface area contributed by atoms with Gasteiger partial charge in [-0.3, -0.25) is 0 Å². The largest absolute Gasteiger partial charge is 0.379 e. The summed E-state index contributed by atoms with van der Waals surface area (Å²) < 4.78 is 5.65. The maximum Gasteiger partial charge on any atom is 0.0623 e. The zero-order valence-electron chi connectivity index (χ0n) is 13.0. The Morgan fingerprint density at radius 2 is 2.10 bits per heavy atom. The van der Waals surface area contributed by atoms with E-state index in [2.05, 4.69) is 24.5 Å². The topological polar surface area (TPSA) is 33.3 Å². The Hall–Kier alpha value is 0.170. The van der Waals surface area contributed by atoms with Gasteiger partial charge in [-0.1, -0.05) is 20.3 Å². The molecule has 2 aliphatic carbocycles. The van der Waals surface area contributed by atoms with Crippen molar-refractivity contribution in [3.05, 3.63) is 0 Å². The summed E-state index contributed by atoms with van der Waals surface area (Å²) >= 11 is 0. The van der Waals surface area contributed by atoms with Gasteiger partial charge in [0, 0.05) is 25.2 Å². The number of rotatable bonds is 5. The van der Waals surface area contributed by atoms with E-state index in [9.17, 15) is 0 Å². The lowest BCUT2D eigenvalue weighted by atomic mass is 9.90. The van der Waals surface area contributed by atoms with Crippen LogP contribution in [0, 0.1) is 17.3 Å². The van der Waals surface area contributed by atoms with Crippen molar-refractivity contribution >= 4 is 12.4 Å². The molecule has 3 fully saturated rings. The van der Waals surface area contributed by atoms with E-state index in [-0.39, 0.29) is 12.4 Å². The standard InChI is InChI=1S/C16H30N2O.ClH/c1-12(2)16(6-7-16)11-18-14-5-3-4-13(14)15-10-19-9-8-17-15;/h12-15,17-18H,3-11H2,1-2H3;1H. The predicted molar refractivity (Wildman–Crippen MR) is 85.5 cm³/mol. The van der Waals surface area contributed by atoms with Crippen molar-refractivity contribution in [2.24, 2.45) is 17.3 Å². The van der Waals surface area contributed by atoms with Crippen LogP contribution in [0.5, 0.6) is 0 Å². The third-order valence-electron chi connectivity index (χ3n) is 5.87. The van der Waals surface area contributed by atoms with E-state index < -0.39 is 0 Å². The third-order valence-corrected chi connectivity index (χ3v) is 5.87. The molecule has 0 bridgehead atoms. The van der Waals surface area contributed by atoms with Gasteiger partial charge in [-0.05, 0) is 42.9 Å². The average Bonchev–Trinajstić information content (AvgIpc) is 3.09. The van der Waals surface area contributed by atoms with Crippen LogP contribution in [0.4, 0.5) is 0 Å². The average molecular weight is 303 g/mol. The van der Waals surface area contributed by atoms with Crippen molar-refractivity contribution < 1.29 is 4.74 Å². The van der Waals surface area contributed by atoms with Gasteiger partial charge in [0.05, 0.1) is 13.2 Å². The first-order valence-corrected chi connectivity index (χ1v) is 8.26. The van der Waals surface area contributed by atoms with Crippen LogP contribution in [-0.4, -0.2) is 38.4 Å². The Balaban J connectivity index is 0.00000147. The van der Waals surface area contributed by atoms with Crippen molar-refractivity contribution in [1.82, 2.24) is 10.6 Å². The summed E-state index contributed by atoms with van der Waals surface area (Å²) in [5.74, 6) is 1.61. The second-order valence-electron chi connectivity index (χ2n) is 7.23. The molecule has 0 amide bonds. The van der Waals surface area contributed by atoms with Crippen LogP contribution in [0.2, 0.25) is 0 Å². The lowest BCUT2D eigenvalue weighted by Gasteiger charge is -2.34. The van der Waals surface area contributed by atoms with Crippen LogP contribution in [-0.2, 0) is 4.74 Å². The van der Waals surface area contributed by atoms with Crippen molar-refractivity contribution in [3.8, 4) is 0 Å². The van der Waals surface area contributed by atoms with E-state index in [1.54, 1.807) is 0 Å². The first-order valence-electron chi connectivity index (χ1n) is 8.26. The smallest absolute Gasteiger partial charge is 0.0623 e. The maximum atomic E-state index is 5.65. The minimum Gasteiger partial charge on any atom is -0.379 e. The van der Waals surface area contributed by atoms with Crippen LogP contribution in [0.3, 0.4) is 0 Å². The highest BCUT2D eigenvalue weighted by Crippen LogP contribution is 2.51. The van der Waals surface area contributed by atoms with Gasteiger partial charge in [-0.15, -0.1) is 12.4 Å². The van der Waals surface area contributed by atoms with Crippen molar-refractivity contribution in [3.63, 3.8) is 0 Å². The molecule has 4 heteroatoms. The highest BCUT2D eigenvalue weighted by Gasteiger charge is 2.46. The minimum absolute atomic E-state index is 0. The number of morpholine rings is 1. The van der Waals surface area contributed by atoms with Crippen LogP contribution in [0.25, 0.3) is 0 Å². The minimum atomic E-state index is 0. The monoisotopic (exact) mass is 302 g/mol. The van der Waals surface area contributed by atoms with Gasteiger partial charge in [-0.2, -0.15) is 0 Å². The zero-order chi connectivity index (χ0) is 13.3. The summed E-state index contributed by atoms with van der Waals surface area (Å²) in [5.41, 5.74) is 0.629. The lowest BCUT2D eigenvalue weighted by Crippen LogP contribution is -2.51. The molecule has 20 heavy (non-hydrogen) atoms. The van der Waals surface area contributed by atoms with E-state index in [4.69, 9.17) is 4.74 Å². The molecular weight excluding hydrogens is 272 g/mol. The van der Waals surface area contributed by atoms with Gasteiger partial charge in [0.1, 0.15) is 0 Å². The first-order chi connectivity index (χ1) is 9.21. The quantitative estimate of drug-likeness (QED) is 0.819. The molecule has 0 aromatic heterocycles. The first kappa shape index (κ1) is 16.5. The molecule has 3 atom stereocenters. The van der Waals surface area contributed by atoms with E-state index >= 15 is 0 Å². The normalized spacial score (nSPS) is 35.9. The second kappa shape index (κ2) is 6.95. The molecule has 0 aromatic rings. The van der Waals surface area contributed by atoms with E-state index in [1.165, 1.54) is 38.6 Å². The molecule has 118 valence electrons. The van der Waals surface area contributed by atoms with Crippen LogP contribution in [0.15, 0.2) is 0 Å². The molecule has 3 rings (SSSR count). The molecule has 3 aliphatic rings. The predicted octanol–water partition coefficient (Wildman–Crippen LogP) is 2.59. The molecule has 0 spiro atoms. The SMILES string of the molecule is CC(C)C1(CNC2CCCC2C2COCCN2)CC1.Cl. The van der Waals surface area contributed by atoms with Gasteiger partial charge in [0.2, 0.25) is 0 Å². The summed E-state index contributed by atoms with van der Waals surface area (Å²) in [6.45, 7) is 8.84. The Labute approximate surface area is 130 Å². The maximum absolute atomic E-state index is 5.65. The molecule has 1 aliphatic heterocycles. The fourth-order valence-electron chi connectivity index (χ4n) is 4.04. The Morgan fingerprint density at radius 3 is 2.70 bits per heavy atom. The molecule has 3 unspecified atom stereocenters. The number of hydrogen-bond acceptors (Lipinski definition) is 3. The third kappa shape index (κ3) is 3.49. The fraction of sp³-hybridized carbons (Fsp3) is 1.00. The molecular formula is C16H31ClN2O. The van der Waals surface area contributed by atoms with E-state index in [1.807, 2.05) is 0 Å². The van der Waals surface area contributed by atoms with Gasteiger partial charge in [0.25, 0.3) is 0 Å². The molecule has 3 nitrogen and oxygen atoms in total. The number of nitrogens with one attached hydrogen (secondary N) is 2. The van der Waals surface area contributed by atoms with Gasteiger partial charge in [0.15, 0.2) is 0 Å². The summed E-state index contributed by atoms with van der Waals surface area (Å²) in [5, 5.41) is 7.58. The Morgan fingerprint density at radius 1 is 1.30 bits per heavy atom. The van der Waals surface area contributed by atoms with Crippen LogP contribution >= 0.6 is 12.4 Å². The molecule has 2 N–H and O–H groups in total. The van der Waals surface area contributed by atoms with Gasteiger partial charge in [-0.25, -0.2) is 0 Å². The summed E-state index contributed by atoms with van der Waals surface area (Å²) in [7, 11) is 0. The van der Waals surface area contributed by atoms with E-state index in [0.717, 1.165) is 37.6 Å². The van der Waals surface area contributed by atoms with Crippen molar-refractivity contribution in [2.75, 3.05) is 26.3 Å². The lowest BCUT2D eigenvalue weighted by molar-refractivity contribution is 0.0519. The molecule has 0 radical (unpaired) electrons. The molecule has 0 aromatic carbocycles. The highest BCUT2D eigenvalue weighted by molar-refractivity contribution is 5.85. The van der Waals surface area contributed by atoms with Crippen molar-refractivity contribution in [2.45, 2.75) is 58.0 Å². The Kier molecular flexibility index (Phi) is 5.75. The van der Waals surface area contributed by atoms with E-state index in [0.29, 0.717) is 11.5 Å². The molecule has 1 heterocycles.